The molecule has 21 heavy (non-hydrogen) atoms. The Labute approximate surface area is 120 Å². The minimum Gasteiger partial charge on any atom is -0.324 e. The highest BCUT2D eigenvalue weighted by Gasteiger charge is 2.09. The SMILES string of the molecule is N#Cc1nncn1CC(=O)Nc1cccc2ccccc12. The minimum absolute atomic E-state index is 0.000878. The van der Waals surface area contributed by atoms with E-state index in [0.29, 0.717) is 0 Å². The molecule has 102 valence electrons. The monoisotopic (exact) mass is 277 g/mol. The topological polar surface area (TPSA) is 83.6 Å². The molecule has 0 atom stereocenters. The van der Waals surface area contributed by atoms with Crippen molar-refractivity contribution >= 4 is 22.4 Å². The predicted octanol–water partition coefficient (Wildman–Crippen LogP) is 1.94. The normalized spacial score (nSPS) is 10.2. The van der Waals surface area contributed by atoms with Gasteiger partial charge in [0.25, 0.3) is 0 Å². The summed E-state index contributed by atoms with van der Waals surface area (Å²) >= 11 is 0. The van der Waals surface area contributed by atoms with Crippen molar-refractivity contribution in [2.24, 2.45) is 0 Å². The van der Waals surface area contributed by atoms with Crippen LogP contribution < -0.4 is 5.32 Å². The summed E-state index contributed by atoms with van der Waals surface area (Å²) in [4.78, 5) is 12.1. The Kier molecular flexibility index (Phi) is 3.31. The van der Waals surface area contributed by atoms with Crippen molar-refractivity contribution in [2.45, 2.75) is 6.54 Å². The zero-order valence-corrected chi connectivity index (χ0v) is 11.0. The number of nitrogens with zero attached hydrogens (tertiary/aromatic N) is 4. The number of nitrogens with one attached hydrogen (secondary N) is 1. The Bertz CT molecular complexity index is 841. The van der Waals surface area contributed by atoms with E-state index in [1.54, 1.807) is 0 Å². The highest BCUT2D eigenvalue weighted by atomic mass is 16.1. The van der Waals surface area contributed by atoms with E-state index in [0.717, 1.165) is 16.5 Å². The van der Waals surface area contributed by atoms with Crippen molar-refractivity contribution in [1.29, 1.82) is 5.26 Å². The Morgan fingerprint density at radius 1 is 1.24 bits per heavy atom. The lowest BCUT2D eigenvalue weighted by Crippen LogP contribution is -2.19. The fourth-order valence-corrected chi connectivity index (χ4v) is 2.14. The van der Waals surface area contributed by atoms with Gasteiger partial charge in [-0.3, -0.25) is 9.36 Å². The summed E-state index contributed by atoms with van der Waals surface area (Å²) in [5, 5.41) is 20.9. The zero-order valence-electron chi connectivity index (χ0n) is 11.0. The van der Waals surface area contributed by atoms with Gasteiger partial charge in [-0.1, -0.05) is 36.4 Å². The molecule has 1 heterocycles. The maximum absolute atomic E-state index is 12.1. The van der Waals surface area contributed by atoms with E-state index >= 15 is 0 Å². The van der Waals surface area contributed by atoms with Gasteiger partial charge in [0.1, 0.15) is 18.9 Å². The fraction of sp³-hybridized carbons (Fsp3) is 0.0667. The van der Waals surface area contributed by atoms with Gasteiger partial charge in [-0.05, 0) is 11.5 Å². The van der Waals surface area contributed by atoms with Crippen LogP contribution in [0.4, 0.5) is 5.69 Å². The van der Waals surface area contributed by atoms with Gasteiger partial charge in [-0.25, -0.2) is 0 Å². The molecule has 1 aromatic heterocycles. The average Bonchev–Trinajstić information content (AvgIpc) is 2.94. The molecule has 1 amide bonds. The van der Waals surface area contributed by atoms with Gasteiger partial charge in [0.2, 0.25) is 11.7 Å². The molecule has 0 fully saturated rings. The second-order valence-electron chi connectivity index (χ2n) is 4.47. The van der Waals surface area contributed by atoms with Crippen molar-refractivity contribution in [1.82, 2.24) is 14.8 Å². The van der Waals surface area contributed by atoms with Crippen LogP contribution in [0, 0.1) is 11.3 Å². The molecule has 0 spiro atoms. The Hall–Kier alpha value is -3.20. The van der Waals surface area contributed by atoms with Gasteiger partial charge >= 0.3 is 0 Å². The number of anilines is 1. The van der Waals surface area contributed by atoms with E-state index in [4.69, 9.17) is 5.26 Å². The molecule has 0 unspecified atom stereocenters. The lowest BCUT2D eigenvalue weighted by molar-refractivity contribution is -0.116. The van der Waals surface area contributed by atoms with Crippen LogP contribution >= 0.6 is 0 Å². The molecule has 0 bridgehead atoms. The van der Waals surface area contributed by atoms with Gasteiger partial charge in [0.05, 0.1) is 0 Å². The van der Waals surface area contributed by atoms with Crippen molar-refractivity contribution in [3.05, 3.63) is 54.6 Å². The number of carbonyl (C=O) groups excluding carboxylic acids is 1. The average molecular weight is 277 g/mol. The van der Waals surface area contributed by atoms with Crippen LogP contribution in [-0.4, -0.2) is 20.7 Å². The number of nitriles is 1. The lowest BCUT2D eigenvalue weighted by Gasteiger charge is -2.09. The van der Waals surface area contributed by atoms with Crippen LogP contribution in [0.15, 0.2) is 48.8 Å². The molecule has 0 saturated carbocycles. The first-order chi connectivity index (χ1) is 10.3. The number of fused-ring (bicyclic) bond motifs is 1. The molecule has 2 aromatic carbocycles. The lowest BCUT2D eigenvalue weighted by atomic mass is 10.1. The Morgan fingerprint density at radius 3 is 2.90 bits per heavy atom. The smallest absolute Gasteiger partial charge is 0.244 e. The molecular formula is C15H11N5O. The number of rotatable bonds is 3. The van der Waals surface area contributed by atoms with Crippen molar-refractivity contribution in [3.8, 4) is 6.07 Å². The second kappa shape index (κ2) is 5.43. The predicted molar refractivity (Wildman–Crippen MR) is 77.3 cm³/mol. The quantitative estimate of drug-likeness (QED) is 0.793. The van der Waals surface area contributed by atoms with Gasteiger partial charge in [0.15, 0.2) is 0 Å². The second-order valence-corrected chi connectivity index (χ2v) is 4.47. The van der Waals surface area contributed by atoms with Gasteiger partial charge in [-0.2, -0.15) is 5.26 Å². The van der Waals surface area contributed by atoms with Crippen LogP contribution in [0.2, 0.25) is 0 Å². The maximum atomic E-state index is 12.1. The first-order valence-electron chi connectivity index (χ1n) is 6.33. The number of hydrogen-bond donors (Lipinski definition) is 1. The van der Waals surface area contributed by atoms with Crippen LogP contribution in [-0.2, 0) is 11.3 Å². The van der Waals surface area contributed by atoms with Gasteiger partial charge in [0, 0.05) is 11.1 Å². The summed E-state index contributed by atoms with van der Waals surface area (Å²) in [6.07, 6.45) is 1.36. The molecular weight excluding hydrogens is 266 g/mol. The fourth-order valence-electron chi connectivity index (χ4n) is 2.14. The summed E-state index contributed by atoms with van der Waals surface area (Å²) in [6.45, 7) is -0.000878. The van der Waals surface area contributed by atoms with Crippen LogP contribution in [0.3, 0.4) is 0 Å². The molecule has 0 aliphatic rings. The third kappa shape index (κ3) is 2.58. The summed E-state index contributed by atoms with van der Waals surface area (Å²) in [6, 6.07) is 15.4. The van der Waals surface area contributed by atoms with Crippen molar-refractivity contribution in [3.63, 3.8) is 0 Å². The van der Waals surface area contributed by atoms with Gasteiger partial charge in [-0.15, -0.1) is 10.2 Å². The highest BCUT2D eigenvalue weighted by molar-refractivity contribution is 6.02. The third-order valence-electron chi connectivity index (χ3n) is 3.09. The van der Waals surface area contributed by atoms with Crippen LogP contribution in [0.25, 0.3) is 10.8 Å². The number of benzene rings is 2. The Morgan fingerprint density at radius 2 is 2.05 bits per heavy atom. The number of amides is 1. The first-order valence-corrected chi connectivity index (χ1v) is 6.33. The molecule has 0 aliphatic heterocycles. The molecule has 3 rings (SSSR count). The van der Waals surface area contributed by atoms with Crippen molar-refractivity contribution < 1.29 is 4.79 Å². The third-order valence-corrected chi connectivity index (χ3v) is 3.09. The number of carbonyl (C=O) groups is 1. The highest BCUT2D eigenvalue weighted by Crippen LogP contribution is 2.22. The van der Waals surface area contributed by atoms with E-state index < -0.39 is 0 Å². The maximum Gasteiger partial charge on any atom is 0.244 e. The Balaban J connectivity index is 1.83. The van der Waals surface area contributed by atoms with E-state index in [9.17, 15) is 4.79 Å². The molecule has 3 aromatic rings. The van der Waals surface area contributed by atoms with Gasteiger partial charge < -0.3 is 5.32 Å². The summed E-state index contributed by atoms with van der Waals surface area (Å²) in [7, 11) is 0. The zero-order chi connectivity index (χ0) is 14.7. The molecule has 0 radical (unpaired) electrons. The summed E-state index contributed by atoms with van der Waals surface area (Å²) in [5.74, 6) is -0.120. The van der Waals surface area contributed by atoms with E-state index in [1.165, 1.54) is 10.9 Å². The van der Waals surface area contributed by atoms with Crippen molar-refractivity contribution in [2.75, 3.05) is 5.32 Å². The molecule has 0 aliphatic carbocycles. The summed E-state index contributed by atoms with van der Waals surface area (Å²) in [5.41, 5.74) is 0.740. The molecule has 6 heteroatoms. The van der Waals surface area contributed by atoms with E-state index in [-0.39, 0.29) is 18.3 Å². The molecule has 0 saturated heterocycles. The first kappa shape index (κ1) is 12.8. The summed E-state index contributed by atoms with van der Waals surface area (Å²) < 4.78 is 1.40. The van der Waals surface area contributed by atoms with E-state index in [1.807, 2.05) is 48.5 Å². The largest absolute Gasteiger partial charge is 0.324 e. The number of hydrogen-bond acceptors (Lipinski definition) is 4. The van der Waals surface area contributed by atoms with E-state index in [2.05, 4.69) is 15.5 Å². The molecule has 6 nitrogen and oxygen atoms in total. The number of aromatic nitrogens is 3. The molecule has 1 N–H and O–H groups in total. The standard InChI is InChI=1S/C15H11N5O/c16-8-14-19-17-10-20(14)9-15(21)18-13-7-3-5-11-4-1-2-6-12(11)13/h1-7,10H,9H2,(H,18,21). The van der Waals surface area contributed by atoms with Crippen LogP contribution in [0.5, 0.6) is 0 Å². The van der Waals surface area contributed by atoms with Crippen LogP contribution in [0.1, 0.15) is 5.82 Å². The minimum atomic E-state index is -0.234.